The Balaban J connectivity index is 1.89. The van der Waals surface area contributed by atoms with Crippen molar-refractivity contribution < 1.29 is 37.5 Å². The largest absolute Gasteiger partial charge is 0.573 e. The number of aliphatic hydroxyl groups is 1. The van der Waals surface area contributed by atoms with Crippen molar-refractivity contribution in [2.45, 2.75) is 19.3 Å². The topological polar surface area (TPSA) is 110 Å². The Hall–Kier alpha value is -4.67. The molecule has 1 atom stereocenters. The van der Waals surface area contributed by atoms with Gasteiger partial charge in [0.15, 0.2) is 0 Å². The predicted molar refractivity (Wildman–Crippen MR) is 122 cm³/mol. The fourth-order valence-corrected chi connectivity index (χ4v) is 3.98. The summed E-state index contributed by atoms with van der Waals surface area (Å²) in [5.74, 6) is -3.33. The summed E-state index contributed by atoms with van der Waals surface area (Å²) < 4.78 is 42.3. The molecule has 36 heavy (non-hydrogen) atoms. The molecular weight excluding hydrogens is 481 g/mol. The number of carbonyl (C=O) groups is 2. The molecule has 11 heteroatoms. The maximum Gasteiger partial charge on any atom is 0.573 e. The number of nitrogens with zero attached hydrogens (tertiary/aromatic N) is 2. The summed E-state index contributed by atoms with van der Waals surface area (Å²) in [6, 6.07) is 14.8. The van der Waals surface area contributed by atoms with E-state index in [1.807, 2.05) is 0 Å². The molecule has 1 unspecified atom stereocenters. The van der Waals surface area contributed by atoms with Gasteiger partial charge in [0.1, 0.15) is 11.5 Å². The van der Waals surface area contributed by atoms with Gasteiger partial charge in [0, 0.05) is 29.4 Å². The van der Waals surface area contributed by atoms with Gasteiger partial charge < -0.3 is 9.84 Å². The van der Waals surface area contributed by atoms with Gasteiger partial charge in [-0.1, -0.05) is 35.9 Å². The van der Waals surface area contributed by atoms with E-state index in [1.165, 1.54) is 24.3 Å². The number of benzene rings is 3. The molecule has 1 amide bonds. The fraction of sp³-hybridized carbons (Fsp3) is 0.120. The normalized spacial score (nSPS) is 17.3. The van der Waals surface area contributed by atoms with Crippen molar-refractivity contribution in [2.24, 2.45) is 0 Å². The molecule has 3 aromatic carbocycles. The van der Waals surface area contributed by atoms with Crippen LogP contribution in [0.3, 0.4) is 0 Å². The molecule has 1 fully saturated rings. The van der Waals surface area contributed by atoms with Crippen molar-refractivity contribution in [2.75, 3.05) is 4.90 Å². The standard InChI is InChI=1S/C25H17F3N2O6/c1-14-4-2-5-16(12-14)21-20(22(31)15-8-10-17(11-9-15)30(34)35)23(32)24(33)29(21)18-6-3-7-19(13-18)36-25(26,27)28/h2-13,21,31H,1H3/b22-20+. The van der Waals surface area contributed by atoms with Crippen molar-refractivity contribution in [1.82, 2.24) is 0 Å². The SMILES string of the molecule is Cc1cccc(C2/C(=C(\O)c3ccc([N+](=O)[O-])cc3)C(=O)C(=O)N2c2cccc(OC(F)(F)F)c2)c1. The highest BCUT2D eigenvalue weighted by atomic mass is 19.4. The second-order valence-electron chi connectivity index (χ2n) is 7.93. The van der Waals surface area contributed by atoms with Gasteiger partial charge >= 0.3 is 6.36 Å². The molecule has 0 aromatic heterocycles. The quantitative estimate of drug-likeness (QED) is 0.165. The number of alkyl halides is 3. The third-order valence-corrected chi connectivity index (χ3v) is 5.48. The number of Topliss-reactive ketones (excluding diaryl/α,β-unsaturated/α-hetero) is 1. The smallest absolute Gasteiger partial charge is 0.507 e. The first-order valence-corrected chi connectivity index (χ1v) is 10.4. The summed E-state index contributed by atoms with van der Waals surface area (Å²) in [7, 11) is 0. The van der Waals surface area contributed by atoms with Gasteiger partial charge in [-0.2, -0.15) is 0 Å². The minimum Gasteiger partial charge on any atom is -0.507 e. The molecule has 1 heterocycles. The van der Waals surface area contributed by atoms with E-state index in [0.717, 1.165) is 34.7 Å². The zero-order valence-electron chi connectivity index (χ0n) is 18.5. The van der Waals surface area contributed by atoms with Gasteiger partial charge in [-0.25, -0.2) is 0 Å². The van der Waals surface area contributed by atoms with E-state index in [9.17, 15) is 38.0 Å². The van der Waals surface area contributed by atoms with E-state index in [0.29, 0.717) is 5.56 Å². The number of nitro benzene ring substituents is 1. The zero-order valence-corrected chi connectivity index (χ0v) is 18.5. The number of aryl methyl sites for hydroxylation is 1. The zero-order chi connectivity index (χ0) is 26.2. The first-order chi connectivity index (χ1) is 17.0. The Kier molecular flexibility index (Phi) is 6.23. The molecule has 1 aliphatic heterocycles. The van der Waals surface area contributed by atoms with Crippen LogP contribution in [-0.2, 0) is 9.59 Å². The highest BCUT2D eigenvalue weighted by Gasteiger charge is 2.47. The van der Waals surface area contributed by atoms with Crippen LogP contribution in [-0.4, -0.2) is 28.1 Å². The summed E-state index contributed by atoms with van der Waals surface area (Å²) in [4.78, 5) is 37.6. The average molecular weight is 498 g/mol. The van der Waals surface area contributed by atoms with Crippen LogP contribution >= 0.6 is 0 Å². The number of carbonyl (C=O) groups excluding carboxylic acids is 2. The molecule has 8 nitrogen and oxygen atoms in total. The van der Waals surface area contributed by atoms with Gasteiger partial charge in [-0.15, -0.1) is 13.2 Å². The first kappa shape index (κ1) is 24.5. The summed E-state index contributed by atoms with van der Waals surface area (Å²) in [5.41, 5.74) is 0.603. The summed E-state index contributed by atoms with van der Waals surface area (Å²) >= 11 is 0. The molecular formula is C25H17F3N2O6. The number of rotatable bonds is 5. The Labute approximate surface area is 202 Å². The van der Waals surface area contributed by atoms with Crippen molar-refractivity contribution in [3.8, 4) is 5.75 Å². The molecule has 0 bridgehead atoms. The number of amides is 1. The van der Waals surface area contributed by atoms with Crippen LogP contribution in [0, 0.1) is 17.0 Å². The van der Waals surface area contributed by atoms with Gasteiger partial charge in [0.05, 0.1) is 16.5 Å². The molecule has 1 aliphatic rings. The van der Waals surface area contributed by atoms with E-state index < -0.39 is 40.5 Å². The Morgan fingerprint density at radius 1 is 1.03 bits per heavy atom. The molecule has 0 saturated carbocycles. The van der Waals surface area contributed by atoms with E-state index in [1.54, 1.807) is 31.2 Å². The number of non-ortho nitro benzene ring substituents is 1. The maximum atomic E-state index is 13.1. The number of nitro groups is 1. The lowest BCUT2D eigenvalue weighted by Crippen LogP contribution is -2.29. The molecule has 0 spiro atoms. The van der Waals surface area contributed by atoms with Crippen molar-refractivity contribution in [3.63, 3.8) is 0 Å². The van der Waals surface area contributed by atoms with E-state index >= 15 is 0 Å². The number of hydrogen-bond acceptors (Lipinski definition) is 6. The predicted octanol–water partition coefficient (Wildman–Crippen LogP) is 5.43. The van der Waals surface area contributed by atoms with E-state index in [-0.39, 0.29) is 22.5 Å². The molecule has 1 N–H and O–H groups in total. The van der Waals surface area contributed by atoms with Gasteiger partial charge in [-0.3, -0.25) is 24.6 Å². The lowest BCUT2D eigenvalue weighted by Gasteiger charge is -2.26. The lowest BCUT2D eigenvalue weighted by atomic mass is 9.94. The number of ether oxygens (including phenoxy) is 1. The fourth-order valence-electron chi connectivity index (χ4n) is 3.98. The van der Waals surface area contributed by atoms with E-state index in [4.69, 9.17) is 0 Å². The molecule has 0 radical (unpaired) electrons. The van der Waals surface area contributed by atoms with Crippen LogP contribution < -0.4 is 9.64 Å². The highest BCUT2D eigenvalue weighted by molar-refractivity contribution is 6.51. The van der Waals surface area contributed by atoms with Crippen molar-refractivity contribution in [1.29, 1.82) is 0 Å². The van der Waals surface area contributed by atoms with Crippen molar-refractivity contribution in [3.05, 3.63) is 105 Å². The molecule has 1 saturated heterocycles. The van der Waals surface area contributed by atoms with Crippen LogP contribution in [0.15, 0.2) is 78.4 Å². The van der Waals surface area contributed by atoms with Gasteiger partial charge in [0.25, 0.3) is 17.4 Å². The van der Waals surface area contributed by atoms with Gasteiger partial charge in [0.2, 0.25) is 0 Å². The second kappa shape index (κ2) is 9.17. The Morgan fingerprint density at radius 2 is 1.69 bits per heavy atom. The number of halogens is 3. The first-order valence-electron chi connectivity index (χ1n) is 10.4. The van der Waals surface area contributed by atoms with Crippen LogP contribution in [0.5, 0.6) is 5.75 Å². The molecule has 3 aromatic rings. The number of aliphatic hydroxyl groups excluding tert-OH is 1. The Bertz CT molecular complexity index is 1400. The van der Waals surface area contributed by atoms with Crippen LogP contribution in [0.2, 0.25) is 0 Å². The van der Waals surface area contributed by atoms with Crippen molar-refractivity contribution >= 4 is 28.8 Å². The summed E-state index contributed by atoms with van der Waals surface area (Å²) in [5, 5.41) is 22.0. The summed E-state index contributed by atoms with van der Waals surface area (Å²) in [6.45, 7) is 1.77. The minimum absolute atomic E-state index is 0.0467. The molecule has 4 rings (SSSR count). The molecule has 0 aliphatic carbocycles. The van der Waals surface area contributed by atoms with Crippen LogP contribution in [0.4, 0.5) is 24.5 Å². The monoisotopic (exact) mass is 498 g/mol. The maximum absolute atomic E-state index is 13.1. The van der Waals surface area contributed by atoms with Gasteiger partial charge in [-0.05, 0) is 36.8 Å². The minimum atomic E-state index is -4.97. The third kappa shape index (κ3) is 4.76. The number of anilines is 1. The van der Waals surface area contributed by atoms with E-state index in [2.05, 4.69) is 4.74 Å². The lowest BCUT2D eigenvalue weighted by molar-refractivity contribution is -0.384. The average Bonchev–Trinajstić information content (AvgIpc) is 3.08. The number of ketones is 1. The summed E-state index contributed by atoms with van der Waals surface area (Å²) in [6.07, 6.45) is -4.97. The third-order valence-electron chi connectivity index (χ3n) is 5.48. The second-order valence-corrected chi connectivity index (χ2v) is 7.93. The Morgan fingerprint density at radius 3 is 2.31 bits per heavy atom. The van der Waals surface area contributed by atoms with Crippen LogP contribution in [0.25, 0.3) is 5.76 Å². The highest BCUT2D eigenvalue weighted by Crippen LogP contribution is 2.43. The number of hydrogen-bond donors (Lipinski definition) is 1. The van der Waals surface area contributed by atoms with Crippen LogP contribution in [0.1, 0.15) is 22.7 Å². The molecule has 184 valence electrons.